The SMILES string of the molecule is Cl.O=C(CNCc1ccccc1)Oc1c(Cl)c(Cl)c(Cl)c(Cl)c1Cl. The lowest BCUT2D eigenvalue weighted by Gasteiger charge is -2.12. The normalized spacial score (nSPS) is 10.2. The molecule has 2 aromatic carbocycles. The average molecular weight is 450 g/mol. The van der Waals surface area contributed by atoms with Gasteiger partial charge in [0.15, 0.2) is 5.75 Å². The Kier molecular flexibility index (Phi) is 8.96. The average Bonchev–Trinajstić information content (AvgIpc) is 2.56. The number of hydrogen-bond donors (Lipinski definition) is 1. The highest BCUT2D eigenvalue weighted by Gasteiger charge is 2.22. The molecule has 0 atom stereocenters. The molecule has 0 heterocycles. The summed E-state index contributed by atoms with van der Waals surface area (Å²) >= 11 is 29.7. The fourth-order valence-electron chi connectivity index (χ4n) is 1.73. The Balaban J connectivity index is 0.00000288. The summed E-state index contributed by atoms with van der Waals surface area (Å²) in [7, 11) is 0. The van der Waals surface area contributed by atoms with Crippen LogP contribution in [0, 0.1) is 0 Å². The van der Waals surface area contributed by atoms with Crippen LogP contribution in [-0.4, -0.2) is 12.5 Å². The molecule has 3 nitrogen and oxygen atoms in total. The van der Waals surface area contributed by atoms with Gasteiger partial charge in [-0.2, -0.15) is 0 Å². The van der Waals surface area contributed by atoms with E-state index in [1.54, 1.807) is 0 Å². The first kappa shape index (κ1) is 21.7. The summed E-state index contributed by atoms with van der Waals surface area (Å²) in [6.07, 6.45) is 0. The molecule has 9 heteroatoms. The molecule has 0 saturated heterocycles. The number of esters is 1. The molecular weight excluding hydrogens is 439 g/mol. The van der Waals surface area contributed by atoms with Crippen LogP contribution in [0.4, 0.5) is 0 Å². The van der Waals surface area contributed by atoms with Gasteiger partial charge in [0.1, 0.15) is 10.0 Å². The molecule has 0 radical (unpaired) electrons. The summed E-state index contributed by atoms with van der Waals surface area (Å²) in [5.74, 6) is -0.696. The quantitative estimate of drug-likeness (QED) is 0.260. The van der Waals surface area contributed by atoms with Crippen LogP contribution >= 0.6 is 70.4 Å². The van der Waals surface area contributed by atoms with Crippen molar-refractivity contribution >= 4 is 76.4 Å². The molecule has 0 aromatic heterocycles. The van der Waals surface area contributed by atoms with E-state index in [0.29, 0.717) is 6.54 Å². The standard InChI is InChI=1S/C15H10Cl5NO2.ClH/c16-10-11(17)13(19)15(14(20)12(10)18)23-9(22)7-21-6-8-4-2-1-3-5-8;/h1-5,21H,6-7H2;1H. The number of halogens is 6. The summed E-state index contributed by atoms with van der Waals surface area (Å²) in [6.45, 7) is 0.471. The molecule has 0 aliphatic heterocycles. The van der Waals surface area contributed by atoms with Crippen molar-refractivity contribution in [1.82, 2.24) is 5.32 Å². The van der Waals surface area contributed by atoms with Crippen LogP contribution < -0.4 is 10.1 Å². The van der Waals surface area contributed by atoms with Crippen LogP contribution in [-0.2, 0) is 11.3 Å². The van der Waals surface area contributed by atoms with E-state index < -0.39 is 5.97 Å². The number of nitrogens with one attached hydrogen (secondary N) is 1. The van der Waals surface area contributed by atoms with Crippen LogP contribution in [0.25, 0.3) is 0 Å². The Morgan fingerprint density at radius 3 is 1.92 bits per heavy atom. The molecule has 24 heavy (non-hydrogen) atoms. The Labute approximate surface area is 170 Å². The van der Waals surface area contributed by atoms with E-state index in [9.17, 15) is 4.79 Å². The number of rotatable bonds is 5. The minimum Gasteiger partial charge on any atom is -0.422 e. The van der Waals surface area contributed by atoms with Gasteiger partial charge in [-0.05, 0) is 5.56 Å². The lowest BCUT2D eigenvalue weighted by atomic mass is 10.2. The maximum Gasteiger partial charge on any atom is 0.325 e. The number of carbonyl (C=O) groups is 1. The molecule has 0 aliphatic carbocycles. The molecule has 2 rings (SSSR count). The number of hydrogen-bond acceptors (Lipinski definition) is 3. The minimum absolute atomic E-state index is 0. The second kappa shape index (κ2) is 9.93. The maximum atomic E-state index is 11.9. The molecule has 0 aliphatic rings. The topological polar surface area (TPSA) is 38.3 Å². The van der Waals surface area contributed by atoms with Crippen molar-refractivity contribution in [3.8, 4) is 5.75 Å². The Morgan fingerprint density at radius 2 is 1.38 bits per heavy atom. The molecule has 0 amide bonds. The number of carbonyl (C=O) groups excluding carboxylic acids is 1. The van der Waals surface area contributed by atoms with E-state index in [1.165, 1.54) is 0 Å². The first-order valence-corrected chi connectivity index (χ1v) is 8.27. The molecule has 0 spiro atoms. The molecule has 0 saturated carbocycles. The predicted molar refractivity (Wildman–Crippen MR) is 103 cm³/mol. The number of benzene rings is 2. The fraction of sp³-hybridized carbons (Fsp3) is 0.133. The van der Waals surface area contributed by atoms with Gasteiger partial charge < -0.3 is 10.1 Å². The van der Waals surface area contributed by atoms with Gasteiger partial charge in [-0.1, -0.05) is 88.3 Å². The van der Waals surface area contributed by atoms with E-state index in [0.717, 1.165) is 5.56 Å². The Morgan fingerprint density at radius 1 is 0.875 bits per heavy atom. The van der Waals surface area contributed by atoms with Gasteiger partial charge in [0.2, 0.25) is 0 Å². The summed E-state index contributed by atoms with van der Waals surface area (Å²) in [6, 6.07) is 9.60. The molecule has 0 fully saturated rings. The lowest BCUT2D eigenvalue weighted by molar-refractivity contribution is -0.133. The van der Waals surface area contributed by atoms with Crippen molar-refractivity contribution in [2.75, 3.05) is 6.54 Å². The second-order valence-electron chi connectivity index (χ2n) is 4.46. The highest BCUT2D eigenvalue weighted by Crippen LogP contribution is 2.48. The minimum atomic E-state index is -0.584. The first-order valence-electron chi connectivity index (χ1n) is 6.38. The van der Waals surface area contributed by atoms with Gasteiger partial charge in [-0.3, -0.25) is 4.79 Å². The van der Waals surface area contributed by atoms with Crippen molar-refractivity contribution in [3.05, 3.63) is 61.0 Å². The van der Waals surface area contributed by atoms with Gasteiger partial charge in [-0.15, -0.1) is 12.4 Å². The summed E-state index contributed by atoms with van der Waals surface area (Å²) < 4.78 is 5.14. The van der Waals surface area contributed by atoms with Crippen molar-refractivity contribution in [1.29, 1.82) is 0 Å². The van der Waals surface area contributed by atoms with Crippen LogP contribution in [0.2, 0.25) is 25.1 Å². The molecule has 0 unspecified atom stereocenters. The van der Waals surface area contributed by atoms with E-state index in [-0.39, 0.29) is 49.8 Å². The maximum absolute atomic E-state index is 11.9. The van der Waals surface area contributed by atoms with E-state index in [1.807, 2.05) is 30.3 Å². The molecular formula is C15H11Cl6NO2. The zero-order valence-electron chi connectivity index (χ0n) is 11.9. The Hall–Kier alpha value is -0.390. The van der Waals surface area contributed by atoms with Crippen LogP contribution in [0.1, 0.15) is 5.56 Å². The predicted octanol–water partition coefficient (Wildman–Crippen LogP) is 6.07. The van der Waals surface area contributed by atoms with Crippen LogP contribution in [0.5, 0.6) is 5.75 Å². The lowest BCUT2D eigenvalue weighted by Crippen LogP contribution is -2.26. The highest BCUT2D eigenvalue weighted by molar-refractivity contribution is 6.55. The van der Waals surface area contributed by atoms with Crippen LogP contribution in [0.15, 0.2) is 30.3 Å². The monoisotopic (exact) mass is 447 g/mol. The van der Waals surface area contributed by atoms with E-state index >= 15 is 0 Å². The third-order valence-electron chi connectivity index (χ3n) is 2.83. The zero-order valence-corrected chi connectivity index (χ0v) is 16.5. The van der Waals surface area contributed by atoms with Gasteiger partial charge >= 0.3 is 5.97 Å². The fourth-order valence-corrected chi connectivity index (χ4v) is 2.93. The van der Waals surface area contributed by atoms with Crippen LogP contribution in [0.3, 0.4) is 0 Å². The van der Waals surface area contributed by atoms with Gasteiger partial charge in [-0.25, -0.2) is 0 Å². The third-order valence-corrected chi connectivity index (χ3v) is 5.07. The van der Waals surface area contributed by atoms with Crippen molar-refractivity contribution < 1.29 is 9.53 Å². The van der Waals surface area contributed by atoms with E-state index in [2.05, 4.69) is 5.32 Å². The molecule has 1 N–H and O–H groups in total. The third kappa shape index (κ3) is 5.30. The number of ether oxygens (including phenoxy) is 1. The highest BCUT2D eigenvalue weighted by atomic mass is 35.5. The molecule has 2 aromatic rings. The first-order chi connectivity index (χ1) is 10.9. The summed E-state index contributed by atoms with van der Waals surface area (Å²) in [5, 5.41) is 2.77. The van der Waals surface area contributed by atoms with Crippen molar-refractivity contribution in [3.63, 3.8) is 0 Å². The van der Waals surface area contributed by atoms with E-state index in [4.69, 9.17) is 62.7 Å². The smallest absolute Gasteiger partial charge is 0.325 e. The Bertz CT molecular complexity index is 695. The summed E-state index contributed by atoms with van der Waals surface area (Å²) in [5.41, 5.74) is 1.04. The van der Waals surface area contributed by atoms with Crippen molar-refractivity contribution in [2.45, 2.75) is 6.54 Å². The van der Waals surface area contributed by atoms with Gasteiger partial charge in [0.25, 0.3) is 0 Å². The molecule has 130 valence electrons. The van der Waals surface area contributed by atoms with Crippen molar-refractivity contribution in [2.24, 2.45) is 0 Å². The van der Waals surface area contributed by atoms with Gasteiger partial charge in [0.05, 0.1) is 21.6 Å². The second-order valence-corrected chi connectivity index (χ2v) is 6.35. The zero-order chi connectivity index (χ0) is 17.0. The molecule has 0 bridgehead atoms. The summed E-state index contributed by atoms with van der Waals surface area (Å²) in [4.78, 5) is 11.9. The largest absolute Gasteiger partial charge is 0.422 e. The van der Waals surface area contributed by atoms with Gasteiger partial charge in [0, 0.05) is 6.54 Å².